The van der Waals surface area contributed by atoms with Crippen molar-refractivity contribution in [3.05, 3.63) is 11.2 Å². The molecule has 0 aromatic carbocycles. The number of anilines is 2. The van der Waals surface area contributed by atoms with Crippen molar-refractivity contribution in [1.82, 2.24) is 14.9 Å². The van der Waals surface area contributed by atoms with Gasteiger partial charge in [-0.25, -0.2) is 9.78 Å². The van der Waals surface area contributed by atoms with E-state index in [0.717, 1.165) is 25.3 Å². The molecule has 2 atom stereocenters. The number of amides is 1. The van der Waals surface area contributed by atoms with Crippen LogP contribution in [0.25, 0.3) is 0 Å². The molecule has 1 aliphatic heterocycles. The highest BCUT2D eigenvalue weighted by Crippen LogP contribution is 2.29. The molecular formula is C17H28ClN5O2. The maximum atomic E-state index is 11.6. The molecule has 0 saturated carbocycles. The first kappa shape index (κ1) is 19.6. The summed E-state index contributed by atoms with van der Waals surface area (Å²) in [7, 11) is 1.76. The predicted octanol–water partition coefficient (Wildman–Crippen LogP) is 3.41. The van der Waals surface area contributed by atoms with Crippen LogP contribution in [0.1, 0.15) is 34.1 Å². The van der Waals surface area contributed by atoms with E-state index in [0.29, 0.717) is 23.6 Å². The Labute approximate surface area is 154 Å². The molecule has 8 heteroatoms. The van der Waals surface area contributed by atoms with Crippen LogP contribution in [0.3, 0.4) is 0 Å². The van der Waals surface area contributed by atoms with Crippen LogP contribution >= 0.6 is 11.6 Å². The van der Waals surface area contributed by atoms with E-state index in [1.54, 1.807) is 13.1 Å². The summed E-state index contributed by atoms with van der Waals surface area (Å²) in [6.45, 7) is 10.1. The van der Waals surface area contributed by atoms with E-state index in [4.69, 9.17) is 11.6 Å². The number of halogens is 1. The summed E-state index contributed by atoms with van der Waals surface area (Å²) in [5.74, 6) is 1.95. The van der Waals surface area contributed by atoms with Crippen molar-refractivity contribution in [1.29, 1.82) is 0 Å². The minimum absolute atomic E-state index is 0.242. The van der Waals surface area contributed by atoms with Crippen LogP contribution in [-0.4, -0.2) is 58.3 Å². The van der Waals surface area contributed by atoms with Gasteiger partial charge in [-0.3, -0.25) is 0 Å². The van der Waals surface area contributed by atoms with Gasteiger partial charge in [0, 0.05) is 38.3 Å². The Balaban J connectivity index is 2.18. The van der Waals surface area contributed by atoms with Gasteiger partial charge < -0.3 is 20.2 Å². The number of nitrogens with one attached hydrogen (secondary N) is 1. The Kier molecular flexibility index (Phi) is 5.98. The molecule has 1 amide bonds. The Hall–Kier alpha value is -1.76. The number of hydrogen-bond donors (Lipinski definition) is 2. The predicted molar refractivity (Wildman–Crippen MR) is 101 cm³/mol. The van der Waals surface area contributed by atoms with Gasteiger partial charge in [-0.05, 0) is 39.0 Å². The number of hydrogen-bond acceptors (Lipinski definition) is 5. The SMILES string of the molecule is CNc1nc(Cl)cc(N2C[C@H](C)C[C@@H](CN(C(=O)O)C(C)(C)C)C2)n1. The van der Waals surface area contributed by atoms with Crippen LogP contribution in [0.2, 0.25) is 5.15 Å². The van der Waals surface area contributed by atoms with E-state index >= 15 is 0 Å². The lowest BCUT2D eigenvalue weighted by Crippen LogP contribution is -2.51. The lowest BCUT2D eigenvalue weighted by Gasteiger charge is -2.41. The molecule has 1 fully saturated rings. The van der Waals surface area contributed by atoms with E-state index in [9.17, 15) is 9.90 Å². The smallest absolute Gasteiger partial charge is 0.407 e. The highest BCUT2D eigenvalue weighted by atomic mass is 35.5. The van der Waals surface area contributed by atoms with Gasteiger partial charge in [0.15, 0.2) is 0 Å². The average molecular weight is 370 g/mol. The van der Waals surface area contributed by atoms with Crippen LogP contribution in [-0.2, 0) is 0 Å². The molecule has 0 bridgehead atoms. The van der Waals surface area contributed by atoms with Crippen LogP contribution in [0.5, 0.6) is 0 Å². The maximum Gasteiger partial charge on any atom is 0.407 e. The molecule has 2 rings (SSSR count). The second kappa shape index (κ2) is 7.64. The number of piperidine rings is 1. The van der Waals surface area contributed by atoms with Gasteiger partial charge in [-0.15, -0.1) is 0 Å². The monoisotopic (exact) mass is 369 g/mol. The lowest BCUT2D eigenvalue weighted by molar-refractivity contribution is 0.0837. The fourth-order valence-corrected chi connectivity index (χ4v) is 3.55. The third-order valence-corrected chi connectivity index (χ3v) is 4.65. The second-order valence-corrected chi connectivity index (χ2v) is 8.19. The number of rotatable bonds is 4. The Morgan fingerprint density at radius 3 is 2.68 bits per heavy atom. The number of nitrogens with zero attached hydrogens (tertiary/aromatic N) is 4. The molecule has 0 aliphatic carbocycles. The average Bonchev–Trinajstić information content (AvgIpc) is 2.50. The van der Waals surface area contributed by atoms with Crippen LogP contribution in [0, 0.1) is 11.8 Å². The van der Waals surface area contributed by atoms with Gasteiger partial charge in [0.2, 0.25) is 5.95 Å². The molecule has 2 N–H and O–H groups in total. The number of aromatic nitrogens is 2. The zero-order valence-electron chi connectivity index (χ0n) is 15.6. The summed E-state index contributed by atoms with van der Waals surface area (Å²) in [4.78, 5) is 24.0. The summed E-state index contributed by atoms with van der Waals surface area (Å²) in [6, 6.07) is 1.76. The topological polar surface area (TPSA) is 81.6 Å². The summed E-state index contributed by atoms with van der Waals surface area (Å²) < 4.78 is 0. The first-order valence-corrected chi connectivity index (χ1v) is 8.95. The molecule has 140 valence electrons. The van der Waals surface area contributed by atoms with Gasteiger partial charge in [0.1, 0.15) is 11.0 Å². The lowest BCUT2D eigenvalue weighted by atomic mass is 9.89. The fraction of sp³-hybridized carbons (Fsp3) is 0.706. The van der Waals surface area contributed by atoms with Gasteiger partial charge >= 0.3 is 6.09 Å². The minimum atomic E-state index is -0.875. The van der Waals surface area contributed by atoms with Crippen molar-refractivity contribution in [2.24, 2.45) is 11.8 Å². The van der Waals surface area contributed by atoms with Crippen molar-refractivity contribution in [2.75, 3.05) is 36.9 Å². The highest BCUT2D eigenvalue weighted by molar-refractivity contribution is 6.29. The normalized spacial score (nSPS) is 21.1. The first-order valence-electron chi connectivity index (χ1n) is 8.58. The van der Waals surface area contributed by atoms with Crippen molar-refractivity contribution in [3.63, 3.8) is 0 Å². The van der Waals surface area contributed by atoms with Crippen LogP contribution in [0.15, 0.2) is 6.07 Å². The molecule has 1 aliphatic rings. The van der Waals surface area contributed by atoms with Gasteiger partial charge in [0.25, 0.3) is 0 Å². The van der Waals surface area contributed by atoms with Crippen LogP contribution in [0.4, 0.5) is 16.6 Å². The van der Waals surface area contributed by atoms with E-state index in [-0.39, 0.29) is 5.92 Å². The molecule has 0 unspecified atom stereocenters. The van der Waals surface area contributed by atoms with Gasteiger partial charge in [-0.1, -0.05) is 18.5 Å². The Morgan fingerprint density at radius 1 is 1.44 bits per heavy atom. The van der Waals surface area contributed by atoms with Crippen molar-refractivity contribution < 1.29 is 9.90 Å². The summed E-state index contributed by atoms with van der Waals surface area (Å²) in [5, 5.41) is 12.9. The van der Waals surface area contributed by atoms with Crippen molar-refractivity contribution in [2.45, 2.75) is 39.7 Å². The molecule has 7 nitrogen and oxygen atoms in total. The van der Waals surface area contributed by atoms with Crippen molar-refractivity contribution in [3.8, 4) is 0 Å². The first-order chi connectivity index (χ1) is 11.6. The summed E-state index contributed by atoms with van der Waals surface area (Å²) in [6.07, 6.45) is 0.119. The van der Waals surface area contributed by atoms with Crippen LogP contribution < -0.4 is 10.2 Å². The van der Waals surface area contributed by atoms with E-state index in [1.807, 2.05) is 20.8 Å². The molecule has 0 spiro atoms. The molecule has 1 aromatic rings. The summed E-state index contributed by atoms with van der Waals surface area (Å²) >= 11 is 6.10. The molecule has 1 saturated heterocycles. The number of carbonyl (C=O) groups is 1. The molecule has 2 heterocycles. The van der Waals surface area contributed by atoms with Crippen molar-refractivity contribution >= 4 is 29.5 Å². The highest BCUT2D eigenvalue weighted by Gasteiger charge is 2.33. The van der Waals surface area contributed by atoms with E-state index in [1.165, 1.54) is 4.90 Å². The number of carboxylic acid groups (broad SMARTS) is 1. The third-order valence-electron chi connectivity index (χ3n) is 4.46. The molecule has 25 heavy (non-hydrogen) atoms. The second-order valence-electron chi connectivity index (χ2n) is 7.80. The van der Waals surface area contributed by atoms with Gasteiger partial charge in [-0.2, -0.15) is 4.98 Å². The maximum absolute atomic E-state index is 11.6. The minimum Gasteiger partial charge on any atom is -0.465 e. The molecule has 0 radical (unpaired) electrons. The molecule has 1 aromatic heterocycles. The van der Waals surface area contributed by atoms with E-state index in [2.05, 4.69) is 27.1 Å². The zero-order valence-corrected chi connectivity index (χ0v) is 16.3. The quantitative estimate of drug-likeness (QED) is 0.791. The summed E-state index contributed by atoms with van der Waals surface area (Å²) in [5.41, 5.74) is -0.422. The van der Waals surface area contributed by atoms with E-state index < -0.39 is 11.6 Å². The molecular weight excluding hydrogens is 342 g/mol. The Bertz CT molecular complexity index is 620. The zero-order chi connectivity index (χ0) is 18.8. The Morgan fingerprint density at radius 2 is 2.12 bits per heavy atom. The van der Waals surface area contributed by atoms with Gasteiger partial charge in [0.05, 0.1) is 0 Å². The fourth-order valence-electron chi connectivity index (χ4n) is 3.38. The third kappa shape index (κ3) is 5.11. The largest absolute Gasteiger partial charge is 0.465 e. The standard InChI is InChI=1S/C17H28ClN5O2/c1-11-6-12(10-23(16(24)25)17(2,3)4)9-22(8-11)14-7-13(18)20-15(19-5)21-14/h7,11-12H,6,8-10H2,1-5H3,(H,24,25)(H,19,20,21)/t11-,12-/m1/s1.